The summed E-state index contributed by atoms with van der Waals surface area (Å²) >= 11 is 1.32. The fourth-order valence-corrected chi connectivity index (χ4v) is 2.78. The van der Waals surface area contributed by atoms with E-state index in [-0.39, 0.29) is 5.91 Å². The van der Waals surface area contributed by atoms with Gasteiger partial charge in [0.25, 0.3) is 0 Å². The molecule has 0 aliphatic carbocycles. The fourth-order valence-electron chi connectivity index (χ4n) is 2.32. The Morgan fingerprint density at radius 3 is 2.81 bits per heavy atom. The Kier molecular flexibility index (Phi) is 4.59. The first-order chi connectivity index (χ1) is 10.3. The van der Waals surface area contributed by atoms with E-state index in [1.54, 1.807) is 11.8 Å². The number of rotatable bonds is 5. The molecule has 0 aromatic carbocycles. The molecule has 0 unspecified atom stereocenters. The highest BCUT2D eigenvalue weighted by Crippen LogP contribution is 2.10. The highest BCUT2D eigenvalue weighted by atomic mass is 32.1. The van der Waals surface area contributed by atoms with Crippen LogP contribution in [0.2, 0.25) is 0 Å². The van der Waals surface area contributed by atoms with Crippen molar-refractivity contribution in [1.82, 2.24) is 20.0 Å². The molecule has 21 heavy (non-hydrogen) atoms. The van der Waals surface area contributed by atoms with Gasteiger partial charge in [0.2, 0.25) is 11.0 Å². The standard InChI is InChI=1S/C13H17N5O2S/c19-12(15-13-16-14-10-21-13)9-18-5-3-17(4-6-18)8-11-2-1-7-20-11/h1-2,7,10H,3-6,8-9H2,(H,15,16,19). The van der Waals surface area contributed by atoms with Crippen molar-refractivity contribution >= 4 is 22.4 Å². The van der Waals surface area contributed by atoms with Crippen LogP contribution >= 0.6 is 11.3 Å². The average Bonchev–Trinajstić information content (AvgIpc) is 3.14. The van der Waals surface area contributed by atoms with Gasteiger partial charge in [-0.2, -0.15) is 0 Å². The molecule has 2 aromatic heterocycles. The van der Waals surface area contributed by atoms with Crippen LogP contribution in [-0.4, -0.2) is 58.6 Å². The zero-order chi connectivity index (χ0) is 14.5. The summed E-state index contributed by atoms with van der Waals surface area (Å²) in [6, 6.07) is 3.89. The summed E-state index contributed by atoms with van der Waals surface area (Å²) in [6.45, 7) is 4.86. The monoisotopic (exact) mass is 307 g/mol. The van der Waals surface area contributed by atoms with E-state index in [1.165, 1.54) is 11.3 Å². The minimum absolute atomic E-state index is 0.0359. The third-order valence-electron chi connectivity index (χ3n) is 3.40. The summed E-state index contributed by atoms with van der Waals surface area (Å²) in [5.41, 5.74) is 1.60. The normalized spacial score (nSPS) is 17.0. The summed E-state index contributed by atoms with van der Waals surface area (Å²) in [6.07, 6.45) is 1.70. The molecular weight excluding hydrogens is 290 g/mol. The van der Waals surface area contributed by atoms with Crippen LogP contribution < -0.4 is 5.32 Å². The second-order valence-corrected chi connectivity index (χ2v) is 5.76. The molecule has 1 fully saturated rings. The first-order valence-electron chi connectivity index (χ1n) is 6.83. The van der Waals surface area contributed by atoms with E-state index in [9.17, 15) is 4.79 Å². The third-order valence-corrected chi connectivity index (χ3v) is 4.00. The van der Waals surface area contributed by atoms with Gasteiger partial charge in [-0.1, -0.05) is 11.3 Å². The lowest BCUT2D eigenvalue weighted by Crippen LogP contribution is -2.48. The largest absolute Gasteiger partial charge is 0.468 e. The molecule has 1 saturated heterocycles. The molecule has 1 amide bonds. The summed E-state index contributed by atoms with van der Waals surface area (Å²) in [5, 5.41) is 10.8. The topological polar surface area (TPSA) is 74.5 Å². The fraction of sp³-hybridized carbons (Fsp3) is 0.462. The van der Waals surface area contributed by atoms with E-state index in [1.807, 2.05) is 12.1 Å². The average molecular weight is 307 g/mol. The molecule has 0 spiro atoms. The van der Waals surface area contributed by atoms with E-state index in [0.717, 1.165) is 38.5 Å². The van der Waals surface area contributed by atoms with Crippen LogP contribution in [0.5, 0.6) is 0 Å². The van der Waals surface area contributed by atoms with Gasteiger partial charge in [0.05, 0.1) is 19.4 Å². The molecule has 0 radical (unpaired) electrons. The van der Waals surface area contributed by atoms with Crippen molar-refractivity contribution in [2.45, 2.75) is 6.54 Å². The van der Waals surface area contributed by atoms with Gasteiger partial charge in [-0.25, -0.2) is 0 Å². The molecule has 112 valence electrons. The quantitative estimate of drug-likeness (QED) is 0.884. The van der Waals surface area contributed by atoms with Crippen LogP contribution in [0.1, 0.15) is 5.76 Å². The number of nitrogens with zero attached hydrogens (tertiary/aromatic N) is 4. The van der Waals surface area contributed by atoms with E-state index in [4.69, 9.17) is 4.42 Å². The van der Waals surface area contributed by atoms with Crippen molar-refractivity contribution in [3.05, 3.63) is 29.7 Å². The maximum atomic E-state index is 11.9. The number of piperazine rings is 1. The van der Waals surface area contributed by atoms with Gasteiger partial charge in [-0.15, -0.1) is 10.2 Å². The van der Waals surface area contributed by atoms with E-state index in [2.05, 4.69) is 25.3 Å². The Morgan fingerprint density at radius 2 is 2.14 bits per heavy atom. The van der Waals surface area contributed by atoms with Gasteiger partial charge in [0, 0.05) is 26.2 Å². The van der Waals surface area contributed by atoms with Crippen LogP contribution in [0.4, 0.5) is 5.13 Å². The van der Waals surface area contributed by atoms with Gasteiger partial charge in [-0.3, -0.25) is 19.9 Å². The van der Waals surface area contributed by atoms with Crippen molar-refractivity contribution in [1.29, 1.82) is 0 Å². The summed E-state index contributed by atoms with van der Waals surface area (Å²) < 4.78 is 5.36. The van der Waals surface area contributed by atoms with Crippen LogP contribution in [0.25, 0.3) is 0 Å². The Hall–Kier alpha value is -1.77. The van der Waals surface area contributed by atoms with Gasteiger partial charge in [0.15, 0.2) is 0 Å². The van der Waals surface area contributed by atoms with Gasteiger partial charge in [-0.05, 0) is 12.1 Å². The molecular formula is C13H17N5O2S. The maximum absolute atomic E-state index is 11.9. The van der Waals surface area contributed by atoms with E-state index >= 15 is 0 Å². The molecule has 1 aliphatic heterocycles. The Morgan fingerprint density at radius 1 is 1.33 bits per heavy atom. The number of furan rings is 1. The lowest BCUT2D eigenvalue weighted by atomic mass is 10.3. The van der Waals surface area contributed by atoms with Crippen LogP contribution in [-0.2, 0) is 11.3 Å². The Balaban J connectivity index is 1.40. The number of anilines is 1. The first-order valence-corrected chi connectivity index (χ1v) is 7.71. The number of hydrogen-bond donors (Lipinski definition) is 1. The van der Waals surface area contributed by atoms with Crippen molar-refractivity contribution < 1.29 is 9.21 Å². The third kappa shape index (κ3) is 4.10. The zero-order valence-electron chi connectivity index (χ0n) is 11.6. The second-order valence-electron chi connectivity index (χ2n) is 4.92. The zero-order valence-corrected chi connectivity index (χ0v) is 12.4. The lowest BCUT2D eigenvalue weighted by Gasteiger charge is -2.33. The molecule has 0 atom stereocenters. The number of nitrogens with one attached hydrogen (secondary N) is 1. The SMILES string of the molecule is O=C(CN1CCN(Cc2ccco2)CC1)Nc1nncs1. The van der Waals surface area contributed by atoms with Crippen LogP contribution in [0.3, 0.4) is 0 Å². The highest BCUT2D eigenvalue weighted by Gasteiger charge is 2.19. The molecule has 0 saturated carbocycles. The van der Waals surface area contributed by atoms with Crippen molar-refractivity contribution in [3.8, 4) is 0 Å². The minimum atomic E-state index is -0.0359. The first kappa shape index (κ1) is 14.2. The Bertz CT molecular complexity index is 549. The number of amides is 1. The minimum Gasteiger partial charge on any atom is -0.468 e. The summed E-state index contributed by atoms with van der Waals surface area (Å²) in [7, 11) is 0. The van der Waals surface area contributed by atoms with Crippen LogP contribution in [0, 0.1) is 0 Å². The summed E-state index contributed by atoms with van der Waals surface area (Å²) in [5.74, 6) is 0.948. The van der Waals surface area contributed by atoms with Crippen molar-refractivity contribution in [3.63, 3.8) is 0 Å². The molecule has 8 heteroatoms. The predicted molar refractivity (Wildman–Crippen MR) is 79.0 cm³/mol. The molecule has 7 nitrogen and oxygen atoms in total. The smallest absolute Gasteiger partial charge is 0.240 e. The number of carbonyl (C=O) groups excluding carboxylic acids is 1. The van der Waals surface area contributed by atoms with Gasteiger partial charge >= 0.3 is 0 Å². The predicted octanol–water partition coefficient (Wildman–Crippen LogP) is 0.887. The molecule has 1 N–H and O–H groups in total. The van der Waals surface area contributed by atoms with Crippen molar-refractivity contribution in [2.24, 2.45) is 0 Å². The number of hydrogen-bond acceptors (Lipinski definition) is 7. The van der Waals surface area contributed by atoms with Gasteiger partial charge in [0.1, 0.15) is 11.3 Å². The van der Waals surface area contributed by atoms with E-state index in [0.29, 0.717) is 11.7 Å². The van der Waals surface area contributed by atoms with Crippen molar-refractivity contribution in [2.75, 3.05) is 38.0 Å². The summed E-state index contributed by atoms with van der Waals surface area (Å²) in [4.78, 5) is 16.4. The van der Waals surface area contributed by atoms with Gasteiger partial charge < -0.3 is 4.42 Å². The number of carbonyl (C=O) groups is 1. The Labute approximate surface area is 126 Å². The highest BCUT2D eigenvalue weighted by molar-refractivity contribution is 7.13. The second kappa shape index (κ2) is 6.79. The molecule has 3 heterocycles. The lowest BCUT2D eigenvalue weighted by molar-refractivity contribution is -0.117. The molecule has 2 aromatic rings. The molecule has 1 aliphatic rings. The maximum Gasteiger partial charge on any atom is 0.240 e. The number of aromatic nitrogens is 2. The molecule has 0 bridgehead atoms. The van der Waals surface area contributed by atoms with Crippen LogP contribution in [0.15, 0.2) is 28.3 Å². The molecule has 3 rings (SSSR count). The van der Waals surface area contributed by atoms with E-state index < -0.39 is 0 Å².